The van der Waals surface area contributed by atoms with Gasteiger partial charge in [-0.3, -0.25) is 18.9 Å². The number of amides is 2. The third kappa shape index (κ3) is 7.67. The van der Waals surface area contributed by atoms with Crippen LogP contribution in [0.25, 0.3) is 0 Å². The largest absolute Gasteiger partial charge is 0.277 e. The number of hydrogen-bond acceptors (Lipinski definition) is 2. The van der Waals surface area contributed by atoms with Gasteiger partial charge < -0.3 is 0 Å². The second kappa shape index (κ2) is 19.6. The third-order valence-corrected chi connectivity index (χ3v) is 1.77. The maximum atomic E-state index is 11.2. The van der Waals surface area contributed by atoms with E-state index in [1.807, 2.05) is 41.5 Å². The molecule has 0 atom stereocenters. The number of likely N-dealkylation sites (N-methyl/N-ethyl adjacent to an activating group) is 1. The lowest BCUT2D eigenvalue weighted by Crippen LogP contribution is -2.26. The standard InChI is InChI=1S/C9H9NO2.3C2H6.CH3F/c1-4-6-7(5-2)9(12)10(3)8(6)11;4*1-2/h4-5H,1-2H2,3H3;3*1-2H3;1H3. The van der Waals surface area contributed by atoms with E-state index in [1.165, 1.54) is 19.2 Å². The fraction of sp³-hybridized carbons (Fsp3) is 0.500. The Kier molecular flexibility index (Phi) is 26.3. The molecule has 3 nitrogen and oxygen atoms in total. The average molecular weight is 287 g/mol. The van der Waals surface area contributed by atoms with Crippen LogP contribution in [0.4, 0.5) is 4.39 Å². The van der Waals surface area contributed by atoms with Crippen molar-refractivity contribution in [3.8, 4) is 0 Å². The molecule has 0 aromatic rings. The first-order chi connectivity index (χ1) is 9.63. The van der Waals surface area contributed by atoms with E-state index < -0.39 is 0 Å². The molecule has 0 unspecified atom stereocenters. The fourth-order valence-corrected chi connectivity index (χ4v) is 1.08. The fourth-order valence-electron chi connectivity index (χ4n) is 1.08. The van der Waals surface area contributed by atoms with Crippen LogP contribution < -0.4 is 0 Å². The minimum absolute atomic E-state index is 0.315. The molecule has 4 heteroatoms. The first-order valence-electron chi connectivity index (χ1n) is 6.82. The van der Waals surface area contributed by atoms with Gasteiger partial charge in [0.05, 0.1) is 18.3 Å². The zero-order chi connectivity index (χ0) is 17.3. The van der Waals surface area contributed by atoms with E-state index in [0.717, 1.165) is 4.90 Å². The van der Waals surface area contributed by atoms with Crippen molar-refractivity contribution in [2.75, 3.05) is 14.2 Å². The van der Waals surface area contributed by atoms with Gasteiger partial charge in [0.1, 0.15) is 0 Å². The molecule has 0 aliphatic carbocycles. The van der Waals surface area contributed by atoms with Crippen molar-refractivity contribution in [1.82, 2.24) is 4.90 Å². The molecule has 0 spiro atoms. The molecular weight excluding hydrogens is 257 g/mol. The van der Waals surface area contributed by atoms with Crippen LogP contribution in [-0.2, 0) is 9.59 Å². The zero-order valence-corrected chi connectivity index (χ0v) is 14.2. The lowest BCUT2D eigenvalue weighted by Gasteiger charge is -2.04. The summed E-state index contributed by atoms with van der Waals surface area (Å²) in [6.07, 6.45) is 2.75. The minimum atomic E-state index is -0.315. The van der Waals surface area contributed by atoms with Crippen LogP contribution in [0, 0.1) is 0 Å². The topological polar surface area (TPSA) is 37.4 Å². The van der Waals surface area contributed by atoms with Gasteiger partial charge in [0.15, 0.2) is 0 Å². The van der Waals surface area contributed by atoms with Gasteiger partial charge in [-0.25, -0.2) is 0 Å². The summed E-state index contributed by atoms with van der Waals surface area (Å²) in [5.74, 6) is -0.630. The molecule has 118 valence electrons. The molecule has 0 saturated heterocycles. The van der Waals surface area contributed by atoms with Crippen LogP contribution in [0.15, 0.2) is 36.5 Å². The van der Waals surface area contributed by atoms with Gasteiger partial charge in [0.25, 0.3) is 11.8 Å². The molecule has 1 rings (SSSR count). The van der Waals surface area contributed by atoms with Crippen LogP contribution in [0.5, 0.6) is 0 Å². The number of hydrogen-bond donors (Lipinski definition) is 0. The number of nitrogens with zero attached hydrogens (tertiary/aromatic N) is 1. The zero-order valence-electron chi connectivity index (χ0n) is 14.2. The third-order valence-electron chi connectivity index (χ3n) is 1.77. The Labute approximate surface area is 123 Å². The SMILES string of the molecule is C=CC1=C(C=C)C(=O)N(C)C1=O.CC.CC.CC.CF. The Morgan fingerprint density at radius 2 is 1.00 bits per heavy atom. The first-order valence-corrected chi connectivity index (χ1v) is 6.82. The van der Waals surface area contributed by atoms with Crippen molar-refractivity contribution >= 4 is 11.8 Å². The summed E-state index contributed by atoms with van der Waals surface area (Å²) in [6.45, 7) is 18.9. The molecule has 0 fully saturated rings. The van der Waals surface area contributed by atoms with Gasteiger partial charge >= 0.3 is 0 Å². The smallest absolute Gasteiger partial charge is 0.261 e. The molecule has 0 aromatic heterocycles. The molecule has 20 heavy (non-hydrogen) atoms. The van der Waals surface area contributed by atoms with Gasteiger partial charge in [-0.05, 0) is 0 Å². The van der Waals surface area contributed by atoms with Gasteiger partial charge in [0, 0.05) is 7.05 Å². The Bertz CT molecular complexity index is 290. The molecule has 1 aliphatic rings. The van der Waals surface area contributed by atoms with E-state index >= 15 is 0 Å². The van der Waals surface area contributed by atoms with Crippen molar-refractivity contribution in [2.24, 2.45) is 0 Å². The molecule has 0 bridgehead atoms. The predicted molar refractivity (Wildman–Crippen MR) is 86.3 cm³/mol. The lowest BCUT2D eigenvalue weighted by molar-refractivity contribution is -0.135. The highest BCUT2D eigenvalue weighted by atomic mass is 19.1. The number of rotatable bonds is 2. The Morgan fingerprint density at radius 1 is 0.800 bits per heavy atom. The van der Waals surface area contributed by atoms with Gasteiger partial charge in [-0.2, -0.15) is 0 Å². The maximum Gasteiger partial charge on any atom is 0.261 e. The minimum Gasteiger partial charge on any atom is -0.277 e. The summed E-state index contributed by atoms with van der Waals surface area (Å²) in [5.41, 5.74) is 0.662. The number of carbonyl (C=O) groups is 2. The van der Waals surface area contributed by atoms with E-state index in [2.05, 4.69) is 13.2 Å². The molecular formula is C16H30FNO2. The van der Waals surface area contributed by atoms with E-state index in [4.69, 9.17) is 0 Å². The van der Waals surface area contributed by atoms with Crippen LogP contribution in [0.1, 0.15) is 41.5 Å². The van der Waals surface area contributed by atoms with Crippen LogP contribution >= 0.6 is 0 Å². The number of carbonyl (C=O) groups excluding carboxylic acids is 2. The van der Waals surface area contributed by atoms with Crippen molar-refractivity contribution < 1.29 is 14.0 Å². The highest BCUT2D eigenvalue weighted by Crippen LogP contribution is 2.20. The second-order valence-corrected chi connectivity index (χ2v) is 2.40. The summed E-state index contributed by atoms with van der Waals surface area (Å²) >= 11 is 0. The van der Waals surface area contributed by atoms with E-state index in [9.17, 15) is 14.0 Å². The second-order valence-electron chi connectivity index (χ2n) is 2.40. The highest BCUT2D eigenvalue weighted by molar-refractivity contribution is 6.21. The normalized spacial score (nSPS) is 11.6. The Morgan fingerprint density at radius 3 is 1.15 bits per heavy atom. The summed E-state index contributed by atoms with van der Waals surface area (Å²) in [4.78, 5) is 23.5. The number of imide groups is 1. The summed E-state index contributed by atoms with van der Waals surface area (Å²) in [5, 5.41) is 0. The molecule has 0 saturated carbocycles. The number of halogens is 1. The molecule has 0 N–H and O–H groups in total. The van der Waals surface area contributed by atoms with Crippen molar-refractivity contribution in [1.29, 1.82) is 0 Å². The van der Waals surface area contributed by atoms with Crippen LogP contribution in [-0.4, -0.2) is 30.9 Å². The maximum absolute atomic E-state index is 11.2. The Hall–Kier alpha value is -1.71. The van der Waals surface area contributed by atoms with Gasteiger partial charge in [0.2, 0.25) is 0 Å². The summed E-state index contributed by atoms with van der Waals surface area (Å²) in [7, 11) is 1.94. The first kappa shape index (κ1) is 26.8. The van der Waals surface area contributed by atoms with Crippen LogP contribution in [0.3, 0.4) is 0 Å². The van der Waals surface area contributed by atoms with E-state index in [-0.39, 0.29) is 11.8 Å². The van der Waals surface area contributed by atoms with Crippen molar-refractivity contribution in [3.63, 3.8) is 0 Å². The van der Waals surface area contributed by atoms with Gasteiger partial charge in [-0.1, -0.05) is 66.9 Å². The quantitative estimate of drug-likeness (QED) is 0.709. The predicted octanol–water partition coefficient (Wildman–Crippen LogP) is 4.32. The summed E-state index contributed by atoms with van der Waals surface area (Å²) < 4.78 is 9.50. The Balaban J connectivity index is -0.000000138. The van der Waals surface area contributed by atoms with Crippen LogP contribution in [0.2, 0.25) is 0 Å². The molecule has 0 radical (unpaired) electrons. The van der Waals surface area contributed by atoms with Crippen molar-refractivity contribution in [2.45, 2.75) is 41.5 Å². The highest BCUT2D eigenvalue weighted by Gasteiger charge is 2.31. The number of alkyl halides is 1. The molecule has 2 amide bonds. The molecule has 1 aliphatic heterocycles. The van der Waals surface area contributed by atoms with Gasteiger partial charge in [-0.15, -0.1) is 0 Å². The van der Waals surface area contributed by atoms with E-state index in [1.54, 1.807) is 0 Å². The van der Waals surface area contributed by atoms with E-state index in [0.29, 0.717) is 18.3 Å². The average Bonchev–Trinajstić information content (AvgIpc) is 2.78. The summed E-state index contributed by atoms with van der Waals surface area (Å²) in [6, 6.07) is 0. The van der Waals surface area contributed by atoms with Crippen molar-refractivity contribution in [3.05, 3.63) is 36.5 Å². The molecule has 1 heterocycles. The lowest BCUT2D eigenvalue weighted by atomic mass is 10.1. The molecule has 0 aromatic carbocycles. The monoisotopic (exact) mass is 287 g/mol.